The molecule has 0 aromatic heterocycles. The lowest BCUT2D eigenvalue weighted by Crippen LogP contribution is -1.93. The van der Waals surface area contributed by atoms with Crippen molar-refractivity contribution in [1.82, 2.24) is 0 Å². The van der Waals surface area contributed by atoms with Gasteiger partial charge in [-0.15, -0.1) is 0 Å². The molecule has 0 spiro atoms. The van der Waals surface area contributed by atoms with Crippen molar-refractivity contribution in [3.63, 3.8) is 0 Å². The fourth-order valence-corrected chi connectivity index (χ4v) is 10.0. The van der Waals surface area contributed by atoms with Gasteiger partial charge < -0.3 is 0 Å². The predicted molar refractivity (Wildman–Crippen MR) is 245 cm³/mol. The average Bonchev–Trinajstić information content (AvgIpc) is 3.62. The van der Waals surface area contributed by atoms with E-state index >= 15 is 0 Å². The van der Waals surface area contributed by atoms with Crippen LogP contribution in [0.1, 0.15) is 5.56 Å². The van der Waals surface area contributed by atoms with E-state index in [4.69, 9.17) is 0 Å². The number of fused-ring (bicyclic) bond motifs is 8. The molecule has 1 heteroatoms. The van der Waals surface area contributed by atoms with Gasteiger partial charge in [-0.05, 0) is 139 Å². The zero-order valence-corrected chi connectivity index (χ0v) is 31.5. The highest BCUT2D eigenvalue weighted by atomic mass is 14.3. The maximum absolute atomic E-state index is 9.69. The first kappa shape index (κ1) is 32.5. The van der Waals surface area contributed by atoms with Gasteiger partial charge in [0.25, 0.3) is 0 Å². The Kier molecular flexibility index (Phi) is 7.06. The van der Waals surface area contributed by atoms with Crippen LogP contribution in [0.15, 0.2) is 200 Å². The minimum atomic E-state index is 0.675. The molecule has 1 aliphatic carbocycles. The van der Waals surface area contributed by atoms with E-state index in [1.54, 1.807) is 0 Å². The van der Waals surface area contributed by atoms with E-state index in [0.29, 0.717) is 5.56 Å². The van der Waals surface area contributed by atoms with Crippen molar-refractivity contribution in [2.24, 2.45) is 0 Å². The first-order chi connectivity index (χ1) is 28.8. The highest BCUT2D eigenvalue weighted by Gasteiger charge is 2.31. The van der Waals surface area contributed by atoms with Gasteiger partial charge in [0.2, 0.25) is 0 Å². The third-order valence-corrected chi connectivity index (χ3v) is 12.4. The van der Waals surface area contributed by atoms with Crippen LogP contribution in [-0.2, 0) is 0 Å². The van der Waals surface area contributed by atoms with Gasteiger partial charge in [0.05, 0.1) is 11.6 Å². The van der Waals surface area contributed by atoms with Gasteiger partial charge >= 0.3 is 0 Å². The van der Waals surface area contributed by atoms with Crippen molar-refractivity contribution in [3.8, 4) is 72.8 Å². The standard InChI is InChI=1S/C57H33N/c58-34-35-26-27-38-33-52(42-21-10-9-20-41(42)51(38)32-35)45-29-28-43(39-18-7-8-19-40(39)45)44-30-31-50-55-46(44)24-13-25-49(55)56-53(36-14-3-1-4-15-36)47-22-11-12-23-48(47)54(57(50)56)37-16-5-2-6-17-37/h1-33H. The third-order valence-electron chi connectivity index (χ3n) is 12.4. The molecule has 0 bridgehead atoms. The fourth-order valence-electron chi connectivity index (χ4n) is 10.0. The quantitative estimate of drug-likeness (QED) is 0.165. The van der Waals surface area contributed by atoms with Crippen LogP contribution in [0.3, 0.4) is 0 Å². The van der Waals surface area contributed by atoms with Gasteiger partial charge in [-0.25, -0.2) is 0 Å². The van der Waals surface area contributed by atoms with Crippen molar-refractivity contribution in [3.05, 3.63) is 206 Å². The smallest absolute Gasteiger partial charge is 0.0991 e. The molecule has 0 atom stereocenters. The first-order valence-electron chi connectivity index (χ1n) is 19.9. The van der Waals surface area contributed by atoms with Crippen molar-refractivity contribution in [2.45, 2.75) is 0 Å². The molecule has 0 aliphatic heterocycles. The average molecular weight is 732 g/mol. The normalized spacial score (nSPS) is 11.8. The Labute approximate surface area is 336 Å². The number of rotatable bonds is 4. The second kappa shape index (κ2) is 12.6. The highest BCUT2D eigenvalue weighted by molar-refractivity contribution is 6.29. The van der Waals surface area contributed by atoms with E-state index < -0.39 is 0 Å². The number of hydrogen-bond acceptors (Lipinski definition) is 1. The second-order valence-electron chi connectivity index (χ2n) is 15.4. The summed E-state index contributed by atoms with van der Waals surface area (Å²) in [5, 5.41) is 21.8. The van der Waals surface area contributed by atoms with Crippen LogP contribution in [0, 0.1) is 11.3 Å². The lowest BCUT2D eigenvalue weighted by molar-refractivity contribution is 1.50. The summed E-state index contributed by atoms with van der Waals surface area (Å²) in [5.41, 5.74) is 15.8. The fraction of sp³-hybridized carbons (Fsp3) is 0. The molecular weight excluding hydrogens is 699 g/mol. The second-order valence-corrected chi connectivity index (χ2v) is 15.4. The molecule has 1 nitrogen and oxygen atoms in total. The first-order valence-corrected chi connectivity index (χ1v) is 19.9. The van der Waals surface area contributed by atoms with Crippen LogP contribution in [0.25, 0.3) is 121 Å². The SMILES string of the molecule is N#Cc1ccc2cc(-c3ccc(-c4ccc5c6c(cccc46)-c4c-5c(-c5ccccc5)c5ccccc5c4-c4ccccc4)c4ccccc34)c3ccccc3c2c1. The highest BCUT2D eigenvalue weighted by Crippen LogP contribution is 2.58. The summed E-state index contributed by atoms with van der Waals surface area (Å²) in [6.45, 7) is 0. The molecule has 0 N–H and O–H groups in total. The van der Waals surface area contributed by atoms with Gasteiger partial charge in [-0.1, -0.05) is 182 Å². The molecule has 0 fully saturated rings. The Hall–Kier alpha value is -7.79. The summed E-state index contributed by atoms with van der Waals surface area (Å²) in [7, 11) is 0. The summed E-state index contributed by atoms with van der Waals surface area (Å²) < 4.78 is 0. The molecule has 0 amide bonds. The largest absolute Gasteiger partial charge is 0.192 e. The topological polar surface area (TPSA) is 23.8 Å². The van der Waals surface area contributed by atoms with E-state index in [0.717, 1.165) is 16.2 Å². The van der Waals surface area contributed by atoms with Gasteiger partial charge in [-0.2, -0.15) is 5.26 Å². The van der Waals surface area contributed by atoms with Crippen LogP contribution in [-0.4, -0.2) is 0 Å². The molecule has 0 radical (unpaired) electrons. The molecule has 12 rings (SSSR count). The van der Waals surface area contributed by atoms with Crippen molar-refractivity contribution >= 4 is 53.9 Å². The summed E-state index contributed by atoms with van der Waals surface area (Å²) in [6.07, 6.45) is 0. The van der Waals surface area contributed by atoms with Crippen molar-refractivity contribution in [2.75, 3.05) is 0 Å². The van der Waals surface area contributed by atoms with Gasteiger partial charge in [0, 0.05) is 0 Å². The van der Waals surface area contributed by atoms with Gasteiger partial charge in [0.1, 0.15) is 0 Å². The predicted octanol–water partition coefficient (Wildman–Crippen LogP) is 15.6. The minimum absolute atomic E-state index is 0.675. The Morgan fingerprint density at radius 3 is 1.31 bits per heavy atom. The molecule has 11 aromatic rings. The van der Waals surface area contributed by atoms with Gasteiger partial charge in [-0.3, -0.25) is 0 Å². The molecule has 1 aliphatic rings. The van der Waals surface area contributed by atoms with Crippen molar-refractivity contribution in [1.29, 1.82) is 5.26 Å². The zero-order valence-electron chi connectivity index (χ0n) is 31.5. The summed E-state index contributed by atoms with van der Waals surface area (Å²) in [5.74, 6) is 0. The Morgan fingerprint density at radius 1 is 0.276 bits per heavy atom. The molecule has 266 valence electrons. The Balaban J connectivity index is 1.13. The number of nitrogens with zero attached hydrogens (tertiary/aromatic N) is 1. The van der Waals surface area contributed by atoms with Gasteiger partial charge in [0.15, 0.2) is 0 Å². The molecular formula is C57H33N. The Morgan fingerprint density at radius 2 is 0.724 bits per heavy atom. The zero-order chi connectivity index (χ0) is 38.3. The van der Waals surface area contributed by atoms with E-state index in [9.17, 15) is 5.26 Å². The summed E-state index contributed by atoms with van der Waals surface area (Å²) >= 11 is 0. The van der Waals surface area contributed by atoms with Crippen LogP contribution in [0.5, 0.6) is 0 Å². The molecule has 0 heterocycles. The Bertz CT molecular complexity index is 3460. The lowest BCUT2D eigenvalue weighted by atomic mass is 9.82. The molecule has 58 heavy (non-hydrogen) atoms. The van der Waals surface area contributed by atoms with E-state index in [1.165, 1.54) is 104 Å². The summed E-state index contributed by atoms with van der Waals surface area (Å²) in [6, 6.07) is 75.3. The lowest BCUT2D eigenvalue weighted by Gasteiger charge is -2.20. The third kappa shape index (κ3) is 4.64. The van der Waals surface area contributed by atoms with Crippen LogP contribution < -0.4 is 0 Å². The van der Waals surface area contributed by atoms with Crippen molar-refractivity contribution < 1.29 is 0 Å². The van der Waals surface area contributed by atoms with Crippen LogP contribution in [0.4, 0.5) is 0 Å². The van der Waals surface area contributed by atoms with E-state index in [1.807, 2.05) is 12.1 Å². The van der Waals surface area contributed by atoms with Crippen LogP contribution >= 0.6 is 0 Å². The molecule has 0 unspecified atom stereocenters. The van der Waals surface area contributed by atoms with E-state index in [-0.39, 0.29) is 0 Å². The van der Waals surface area contributed by atoms with Crippen LogP contribution in [0.2, 0.25) is 0 Å². The molecule has 11 aromatic carbocycles. The maximum Gasteiger partial charge on any atom is 0.0991 e. The minimum Gasteiger partial charge on any atom is -0.192 e. The number of hydrogen-bond donors (Lipinski definition) is 0. The molecule has 0 saturated heterocycles. The number of nitriles is 1. The maximum atomic E-state index is 9.69. The monoisotopic (exact) mass is 731 g/mol. The van der Waals surface area contributed by atoms with E-state index in [2.05, 4.69) is 194 Å². The number of benzene rings is 11. The molecule has 0 saturated carbocycles. The summed E-state index contributed by atoms with van der Waals surface area (Å²) in [4.78, 5) is 0.